The minimum absolute atomic E-state index is 0.690. The second-order valence-electron chi connectivity index (χ2n) is 5.02. The first kappa shape index (κ1) is 13.0. The van der Waals surface area contributed by atoms with Gasteiger partial charge in [0.1, 0.15) is 0 Å². The Morgan fingerprint density at radius 2 is 2.10 bits per heavy atom. The maximum absolute atomic E-state index is 4.09. The molecular weight excluding hydrogens is 250 g/mol. The van der Waals surface area contributed by atoms with Gasteiger partial charge in [-0.3, -0.25) is 0 Å². The molecule has 1 N–H and O–H groups in total. The lowest BCUT2D eigenvalue weighted by molar-refractivity contribution is 0.634. The Kier molecular flexibility index (Phi) is 4.18. The molecule has 1 aromatic heterocycles. The van der Waals surface area contributed by atoms with Gasteiger partial charge in [0.15, 0.2) is 5.82 Å². The van der Waals surface area contributed by atoms with E-state index in [-0.39, 0.29) is 0 Å². The molecule has 0 saturated carbocycles. The van der Waals surface area contributed by atoms with E-state index >= 15 is 0 Å². The lowest BCUT2D eigenvalue weighted by atomic mass is 10.2. The van der Waals surface area contributed by atoms with Crippen molar-refractivity contribution < 1.29 is 0 Å². The summed E-state index contributed by atoms with van der Waals surface area (Å²) in [4.78, 5) is 0. The summed E-state index contributed by atoms with van der Waals surface area (Å²) in [6.07, 6.45) is 7.34. The summed E-state index contributed by atoms with van der Waals surface area (Å²) in [6.45, 7) is 1.67. The van der Waals surface area contributed by atoms with Crippen molar-refractivity contribution in [1.82, 2.24) is 25.5 Å². The molecule has 0 saturated heterocycles. The molecule has 1 aliphatic rings. The summed E-state index contributed by atoms with van der Waals surface area (Å²) in [5.41, 5.74) is 2.58. The van der Waals surface area contributed by atoms with Crippen molar-refractivity contribution in [3.05, 3.63) is 47.8 Å². The Hall–Kier alpha value is -2.01. The molecule has 0 aliphatic heterocycles. The minimum Gasteiger partial charge on any atom is -0.309 e. The fourth-order valence-electron chi connectivity index (χ4n) is 2.50. The number of para-hydroxylation sites is 1. The monoisotopic (exact) mass is 269 g/mol. The number of benzene rings is 1. The molecule has 0 atom stereocenters. The summed E-state index contributed by atoms with van der Waals surface area (Å²) < 4.78 is 1.78. The summed E-state index contributed by atoms with van der Waals surface area (Å²) in [6, 6.07) is 9.97. The molecule has 0 fully saturated rings. The normalized spacial score (nSPS) is 14.5. The van der Waals surface area contributed by atoms with Crippen LogP contribution in [0.25, 0.3) is 5.69 Å². The molecular formula is C15H19N5. The van der Waals surface area contributed by atoms with Crippen LogP contribution in [-0.2, 0) is 6.54 Å². The zero-order chi connectivity index (χ0) is 13.6. The number of hydrogen-bond acceptors (Lipinski definition) is 4. The van der Waals surface area contributed by atoms with Gasteiger partial charge in [0.05, 0.1) is 12.2 Å². The Bertz CT molecular complexity index is 573. The van der Waals surface area contributed by atoms with Crippen molar-refractivity contribution in [2.75, 3.05) is 6.54 Å². The summed E-state index contributed by atoms with van der Waals surface area (Å²) in [7, 11) is 0. The van der Waals surface area contributed by atoms with Crippen LogP contribution in [0.2, 0.25) is 0 Å². The first-order valence-corrected chi connectivity index (χ1v) is 7.15. The van der Waals surface area contributed by atoms with Crippen LogP contribution in [0.15, 0.2) is 42.0 Å². The standard InChI is InChI=1S/C15H19N5/c1-2-8-14(9-3-1)20-15(17-18-19-20)12-16-11-10-13-6-4-5-7-13/h1-3,6,8-9,16H,4-5,7,10-12H2. The van der Waals surface area contributed by atoms with Gasteiger partial charge in [0.2, 0.25) is 0 Å². The Labute approximate surface area is 118 Å². The van der Waals surface area contributed by atoms with Crippen LogP contribution in [-0.4, -0.2) is 26.8 Å². The minimum atomic E-state index is 0.690. The van der Waals surface area contributed by atoms with E-state index in [1.807, 2.05) is 30.3 Å². The van der Waals surface area contributed by atoms with Crippen LogP contribution in [0.4, 0.5) is 0 Å². The van der Waals surface area contributed by atoms with Gasteiger partial charge in [-0.25, -0.2) is 0 Å². The van der Waals surface area contributed by atoms with Crippen LogP contribution in [0.3, 0.4) is 0 Å². The van der Waals surface area contributed by atoms with E-state index in [9.17, 15) is 0 Å². The van der Waals surface area contributed by atoms with Gasteiger partial charge >= 0.3 is 0 Å². The average Bonchev–Trinajstić information content (AvgIpc) is 3.16. The van der Waals surface area contributed by atoms with Crippen molar-refractivity contribution in [1.29, 1.82) is 0 Å². The largest absolute Gasteiger partial charge is 0.309 e. The number of tetrazole rings is 1. The molecule has 0 amide bonds. The molecule has 5 heteroatoms. The van der Waals surface area contributed by atoms with Crippen LogP contribution in [0.5, 0.6) is 0 Å². The first-order chi connectivity index (χ1) is 9.93. The SMILES string of the molecule is C1=C(CCNCc2nnnn2-c2ccccc2)CCC1. The Morgan fingerprint density at radius 1 is 1.20 bits per heavy atom. The molecule has 1 heterocycles. The third kappa shape index (κ3) is 3.11. The number of allylic oxidation sites excluding steroid dienone is 1. The van der Waals surface area contributed by atoms with E-state index in [1.54, 1.807) is 10.3 Å². The van der Waals surface area contributed by atoms with E-state index in [4.69, 9.17) is 0 Å². The molecule has 20 heavy (non-hydrogen) atoms. The quantitative estimate of drug-likeness (QED) is 0.645. The van der Waals surface area contributed by atoms with E-state index in [0.717, 1.165) is 24.5 Å². The molecule has 0 bridgehead atoms. The van der Waals surface area contributed by atoms with Crippen molar-refractivity contribution >= 4 is 0 Å². The fraction of sp³-hybridized carbons (Fsp3) is 0.400. The third-order valence-corrected chi connectivity index (χ3v) is 3.58. The van der Waals surface area contributed by atoms with Crippen molar-refractivity contribution in [3.63, 3.8) is 0 Å². The summed E-state index contributed by atoms with van der Waals surface area (Å²) in [5.74, 6) is 0.844. The van der Waals surface area contributed by atoms with Crippen molar-refractivity contribution in [3.8, 4) is 5.69 Å². The highest BCUT2D eigenvalue weighted by molar-refractivity contribution is 5.30. The Morgan fingerprint density at radius 3 is 2.90 bits per heavy atom. The topological polar surface area (TPSA) is 55.6 Å². The van der Waals surface area contributed by atoms with Gasteiger partial charge in [-0.15, -0.1) is 5.10 Å². The van der Waals surface area contributed by atoms with Crippen LogP contribution < -0.4 is 5.32 Å². The van der Waals surface area contributed by atoms with Gasteiger partial charge in [0.25, 0.3) is 0 Å². The maximum atomic E-state index is 4.09. The average molecular weight is 269 g/mol. The van der Waals surface area contributed by atoms with Gasteiger partial charge in [0, 0.05) is 0 Å². The number of rotatable bonds is 6. The zero-order valence-electron chi connectivity index (χ0n) is 11.5. The van der Waals surface area contributed by atoms with E-state index in [1.165, 1.54) is 19.3 Å². The Balaban J connectivity index is 1.54. The summed E-state index contributed by atoms with van der Waals surface area (Å²) >= 11 is 0. The van der Waals surface area contributed by atoms with Crippen LogP contribution in [0.1, 0.15) is 31.5 Å². The molecule has 3 rings (SSSR count). The number of nitrogens with zero attached hydrogens (tertiary/aromatic N) is 4. The predicted molar refractivity (Wildman–Crippen MR) is 77.4 cm³/mol. The highest BCUT2D eigenvalue weighted by Crippen LogP contribution is 2.19. The lowest BCUT2D eigenvalue weighted by Crippen LogP contribution is -2.18. The second kappa shape index (κ2) is 6.43. The number of nitrogens with one attached hydrogen (secondary N) is 1. The molecule has 5 nitrogen and oxygen atoms in total. The van der Waals surface area contributed by atoms with E-state index in [0.29, 0.717) is 6.54 Å². The molecule has 1 aliphatic carbocycles. The van der Waals surface area contributed by atoms with Gasteiger partial charge in [-0.2, -0.15) is 4.68 Å². The molecule has 0 radical (unpaired) electrons. The van der Waals surface area contributed by atoms with Crippen LogP contribution in [0, 0.1) is 0 Å². The van der Waals surface area contributed by atoms with Gasteiger partial charge in [-0.05, 0) is 54.8 Å². The number of hydrogen-bond donors (Lipinski definition) is 1. The molecule has 1 aromatic carbocycles. The summed E-state index contributed by atoms with van der Waals surface area (Å²) in [5, 5.41) is 15.3. The molecule has 104 valence electrons. The maximum Gasteiger partial charge on any atom is 0.170 e. The van der Waals surface area contributed by atoms with Crippen LogP contribution >= 0.6 is 0 Å². The number of aromatic nitrogens is 4. The zero-order valence-corrected chi connectivity index (χ0v) is 11.5. The highest BCUT2D eigenvalue weighted by atomic mass is 15.5. The molecule has 0 spiro atoms. The molecule has 0 unspecified atom stereocenters. The lowest BCUT2D eigenvalue weighted by Gasteiger charge is -2.06. The van der Waals surface area contributed by atoms with E-state index in [2.05, 4.69) is 26.9 Å². The smallest absolute Gasteiger partial charge is 0.170 e. The van der Waals surface area contributed by atoms with Crippen molar-refractivity contribution in [2.45, 2.75) is 32.2 Å². The van der Waals surface area contributed by atoms with Crippen molar-refractivity contribution in [2.24, 2.45) is 0 Å². The fourth-order valence-corrected chi connectivity index (χ4v) is 2.50. The van der Waals surface area contributed by atoms with E-state index < -0.39 is 0 Å². The highest BCUT2D eigenvalue weighted by Gasteiger charge is 2.08. The molecule has 2 aromatic rings. The van der Waals surface area contributed by atoms with Gasteiger partial charge in [-0.1, -0.05) is 29.8 Å². The first-order valence-electron chi connectivity index (χ1n) is 7.15. The second-order valence-corrected chi connectivity index (χ2v) is 5.02. The third-order valence-electron chi connectivity index (χ3n) is 3.58. The predicted octanol–water partition coefficient (Wildman–Crippen LogP) is 2.25. The van der Waals surface area contributed by atoms with Gasteiger partial charge < -0.3 is 5.32 Å².